The summed E-state index contributed by atoms with van der Waals surface area (Å²) in [5.41, 5.74) is 3.09. The Morgan fingerprint density at radius 3 is 2.85 bits per heavy atom. The molecule has 1 fully saturated rings. The van der Waals surface area contributed by atoms with Crippen LogP contribution in [0.15, 0.2) is 42.7 Å². The first kappa shape index (κ1) is 17.5. The van der Waals surface area contributed by atoms with Gasteiger partial charge in [0, 0.05) is 42.1 Å². The first-order chi connectivity index (χ1) is 13.1. The molecule has 0 bridgehead atoms. The van der Waals surface area contributed by atoms with Crippen LogP contribution in [-0.2, 0) is 11.2 Å². The number of piperidine rings is 1. The third-order valence-corrected chi connectivity index (χ3v) is 5.17. The number of aryl methyl sites for hydroxylation is 1. The standard InChI is InChI=1S/C20H23N5O2/c1-13-15(14-5-2-3-6-16(14)23-13)11-19(27)25-10-7-17(18(26)12-25)24-20-21-8-4-9-22-20/h2-6,8-9,17-18,23,26H,7,10-12H2,1H3,(H,21,22,24)/t17-,18-/m1/s1. The van der Waals surface area contributed by atoms with Crippen LogP contribution in [-0.4, -0.2) is 56.1 Å². The third kappa shape index (κ3) is 3.64. The van der Waals surface area contributed by atoms with Gasteiger partial charge in [-0.05, 0) is 31.0 Å². The van der Waals surface area contributed by atoms with E-state index in [4.69, 9.17) is 0 Å². The fourth-order valence-corrected chi connectivity index (χ4v) is 3.69. The van der Waals surface area contributed by atoms with Gasteiger partial charge in [-0.15, -0.1) is 0 Å². The van der Waals surface area contributed by atoms with Gasteiger partial charge in [0.15, 0.2) is 0 Å². The lowest BCUT2D eigenvalue weighted by Gasteiger charge is -2.36. The molecule has 1 aliphatic heterocycles. The molecule has 1 amide bonds. The molecule has 0 radical (unpaired) electrons. The van der Waals surface area contributed by atoms with Gasteiger partial charge in [0.2, 0.25) is 11.9 Å². The van der Waals surface area contributed by atoms with Crippen molar-refractivity contribution in [3.05, 3.63) is 54.0 Å². The zero-order valence-electron chi connectivity index (χ0n) is 15.2. The van der Waals surface area contributed by atoms with Gasteiger partial charge in [0.25, 0.3) is 0 Å². The smallest absolute Gasteiger partial charge is 0.227 e. The minimum absolute atomic E-state index is 0.0383. The summed E-state index contributed by atoms with van der Waals surface area (Å²) in [7, 11) is 0. The Kier molecular flexibility index (Phi) is 4.77. The number of anilines is 1. The average Bonchev–Trinajstić information content (AvgIpc) is 2.99. The second-order valence-electron chi connectivity index (χ2n) is 6.97. The fourth-order valence-electron chi connectivity index (χ4n) is 3.69. The van der Waals surface area contributed by atoms with Crippen molar-refractivity contribution in [3.63, 3.8) is 0 Å². The summed E-state index contributed by atoms with van der Waals surface area (Å²) < 4.78 is 0. The molecular weight excluding hydrogens is 342 g/mol. The fraction of sp³-hybridized carbons (Fsp3) is 0.350. The van der Waals surface area contributed by atoms with Crippen LogP contribution in [0.25, 0.3) is 10.9 Å². The van der Waals surface area contributed by atoms with E-state index in [-0.39, 0.29) is 11.9 Å². The molecule has 1 aliphatic rings. The number of carbonyl (C=O) groups is 1. The number of benzene rings is 1. The summed E-state index contributed by atoms with van der Waals surface area (Å²) in [4.78, 5) is 26.2. The van der Waals surface area contributed by atoms with E-state index < -0.39 is 6.10 Å². The number of aliphatic hydroxyl groups excluding tert-OH is 1. The molecule has 3 aromatic rings. The largest absolute Gasteiger partial charge is 0.389 e. The maximum Gasteiger partial charge on any atom is 0.227 e. The number of aromatic amines is 1. The van der Waals surface area contributed by atoms with Crippen LogP contribution < -0.4 is 5.32 Å². The van der Waals surface area contributed by atoms with Crippen molar-refractivity contribution in [2.24, 2.45) is 0 Å². The van der Waals surface area contributed by atoms with E-state index >= 15 is 0 Å². The summed E-state index contributed by atoms with van der Waals surface area (Å²) in [5.74, 6) is 0.534. The molecule has 2 aromatic heterocycles. The lowest BCUT2D eigenvalue weighted by atomic mass is 10.0. The van der Waals surface area contributed by atoms with Crippen LogP contribution in [0.4, 0.5) is 5.95 Å². The molecule has 2 atom stereocenters. The van der Waals surface area contributed by atoms with Crippen molar-refractivity contribution >= 4 is 22.8 Å². The molecular formula is C20H23N5O2. The molecule has 1 saturated heterocycles. The molecule has 0 aliphatic carbocycles. The van der Waals surface area contributed by atoms with Gasteiger partial charge in [0.05, 0.1) is 18.6 Å². The van der Waals surface area contributed by atoms with Gasteiger partial charge < -0.3 is 20.3 Å². The van der Waals surface area contributed by atoms with Gasteiger partial charge in [-0.25, -0.2) is 9.97 Å². The molecule has 3 N–H and O–H groups in total. The number of amides is 1. The second kappa shape index (κ2) is 7.36. The lowest BCUT2D eigenvalue weighted by molar-refractivity contribution is -0.133. The number of aliphatic hydroxyl groups is 1. The highest BCUT2D eigenvalue weighted by Gasteiger charge is 2.31. The molecule has 27 heavy (non-hydrogen) atoms. The van der Waals surface area contributed by atoms with Gasteiger partial charge in [0.1, 0.15) is 0 Å². The Bertz CT molecular complexity index is 940. The topological polar surface area (TPSA) is 94.1 Å². The minimum atomic E-state index is -0.657. The van der Waals surface area contributed by atoms with Crippen LogP contribution in [0.5, 0.6) is 0 Å². The van der Waals surface area contributed by atoms with Crippen molar-refractivity contribution in [1.29, 1.82) is 0 Å². The van der Waals surface area contributed by atoms with E-state index in [0.717, 1.165) is 22.2 Å². The molecule has 0 saturated carbocycles. The normalized spacial score (nSPS) is 20.0. The Hall–Kier alpha value is -2.93. The van der Waals surface area contributed by atoms with Crippen LogP contribution >= 0.6 is 0 Å². The quantitative estimate of drug-likeness (QED) is 0.656. The van der Waals surface area contributed by atoms with Gasteiger partial charge >= 0.3 is 0 Å². The summed E-state index contributed by atoms with van der Waals surface area (Å²) in [6.45, 7) is 2.90. The maximum absolute atomic E-state index is 12.8. The molecule has 1 aromatic carbocycles. The van der Waals surface area contributed by atoms with Crippen LogP contribution in [0.3, 0.4) is 0 Å². The van der Waals surface area contributed by atoms with Gasteiger partial charge in [-0.2, -0.15) is 0 Å². The number of rotatable bonds is 4. The zero-order valence-corrected chi connectivity index (χ0v) is 15.2. The first-order valence-electron chi connectivity index (χ1n) is 9.17. The second-order valence-corrected chi connectivity index (χ2v) is 6.97. The van der Waals surface area contributed by atoms with Crippen LogP contribution in [0, 0.1) is 6.92 Å². The molecule has 7 nitrogen and oxygen atoms in total. The lowest BCUT2D eigenvalue weighted by Crippen LogP contribution is -2.52. The van der Waals surface area contributed by atoms with Gasteiger partial charge in [-0.1, -0.05) is 18.2 Å². The Labute approximate surface area is 157 Å². The Morgan fingerprint density at radius 1 is 1.30 bits per heavy atom. The molecule has 0 spiro atoms. The highest BCUT2D eigenvalue weighted by Crippen LogP contribution is 2.24. The van der Waals surface area contributed by atoms with Crippen molar-refractivity contribution in [3.8, 4) is 0 Å². The van der Waals surface area contributed by atoms with Crippen molar-refractivity contribution in [1.82, 2.24) is 19.9 Å². The average molecular weight is 365 g/mol. The molecule has 0 unspecified atom stereocenters. The van der Waals surface area contributed by atoms with E-state index in [1.165, 1.54) is 0 Å². The SMILES string of the molecule is Cc1[nH]c2ccccc2c1CC(=O)N1CC[C@@H](Nc2ncccn2)[C@H](O)C1. The van der Waals surface area contributed by atoms with E-state index in [1.54, 1.807) is 23.4 Å². The van der Waals surface area contributed by atoms with Crippen LogP contribution in [0.1, 0.15) is 17.7 Å². The Balaban J connectivity index is 1.41. The van der Waals surface area contributed by atoms with Crippen LogP contribution in [0.2, 0.25) is 0 Å². The minimum Gasteiger partial charge on any atom is -0.389 e. The summed E-state index contributed by atoms with van der Waals surface area (Å²) in [6, 6.07) is 9.60. The number of nitrogens with zero attached hydrogens (tertiary/aromatic N) is 3. The number of hydrogen-bond donors (Lipinski definition) is 3. The number of aromatic nitrogens is 3. The zero-order chi connectivity index (χ0) is 18.8. The number of para-hydroxylation sites is 1. The number of fused-ring (bicyclic) bond motifs is 1. The molecule has 140 valence electrons. The van der Waals surface area contributed by atoms with Crippen molar-refractivity contribution < 1.29 is 9.90 Å². The van der Waals surface area contributed by atoms with Crippen molar-refractivity contribution in [2.45, 2.75) is 31.9 Å². The third-order valence-electron chi connectivity index (χ3n) is 5.17. The maximum atomic E-state index is 12.8. The summed E-state index contributed by atoms with van der Waals surface area (Å²) in [6.07, 6.45) is 3.64. The number of carbonyl (C=O) groups excluding carboxylic acids is 1. The monoisotopic (exact) mass is 365 g/mol. The molecule has 7 heteroatoms. The summed E-state index contributed by atoms with van der Waals surface area (Å²) >= 11 is 0. The van der Waals surface area contributed by atoms with Crippen molar-refractivity contribution in [2.75, 3.05) is 18.4 Å². The number of nitrogens with one attached hydrogen (secondary N) is 2. The molecule has 3 heterocycles. The summed E-state index contributed by atoms with van der Waals surface area (Å²) in [5, 5.41) is 14.7. The number of likely N-dealkylation sites (tertiary alicyclic amines) is 1. The molecule has 4 rings (SSSR count). The van der Waals surface area contributed by atoms with E-state index in [1.807, 2.05) is 31.2 Å². The van der Waals surface area contributed by atoms with E-state index in [9.17, 15) is 9.90 Å². The highest BCUT2D eigenvalue weighted by molar-refractivity contribution is 5.90. The number of H-pyrrole nitrogens is 1. The first-order valence-corrected chi connectivity index (χ1v) is 9.17. The predicted molar refractivity (Wildman–Crippen MR) is 103 cm³/mol. The number of hydrogen-bond acceptors (Lipinski definition) is 5. The van der Waals surface area contributed by atoms with E-state index in [2.05, 4.69) is 20.3 Å². The Morgan fingerprint density at radius 2 is 2.07 bits per heavy atom. The highest BCUT2D eigenvalue weighted by atomic mass is 16.3. The van der Waals surface area contributed by atoms with Gasteiger partial charge in [-0.3, -0.25) is 4.79 Å². The number of β-amino-alcohol motifs (C(OH)–C–C–N with tert-alkyl or cyclic N) is 1. The van der Waals surface area contributed by atoms with E-state index in [0.29, 0.717) is 31.9 Å². The predicted octanol–water partition coefficient (Wildman–Crippen LogP) is 1.88.